The van der Waals surface area contributed by atoms with Crippen LogP contribution >= 0.6 is 0 Å². The molecule has 0 fully saturated rings. The fraction of sp³-hybridized carbons (Fsp3) is 0.167. The van der Waals surface area contributed by atoms with E-state index in [0.717, 1.165) is 22.8 Å². The zero-order chi connectivity index (χ0) is 21.8. The van der Waals surface area contributed by atoms with Crippen molar-refractivity contribution in [1.82, 2.24) is 19.9 Å². The molecule has 0 atom stereocenters. The molecule has 0 unspecified atom stereocenters. The number of hydrogen-bond donors (Lipinski definition) is 0. The number of rotatable bonds is 6. The molecule has 4 aromatic rings. The van der Waals surface area contributed by atoms with Crippen molar-refractivity contribution >= 4 is 9.84 Å². The van der Waals surface area contributed by atoms with Gasteiger partial charge < -0.3 is 0 Å². The first kappa shape index (κ1) is 20.8. The highest BCUT2D eigenvalue weighted by Crippen LogP contribution is 2.19. The van der Waals surface area contributed by atoms with E-state index in [-0.39, 0.29) is 17.2 Å². The van der Waals surface area contributed by atoms with Gasteiger partial charge in [-0.05, 0) is 62.4 Å². The zero-order valence-electron chi connectivity index (χ0n) is 17.4. The Morgan fingerprint density at radius 3 is 1.68 bits per heavy atom. The number of hydrogen-bond acceptors (Lipinski definition) is 6. The zero-order valence-corrected chi connectivity index (χ0v) is 18.2. The normalized spacial score (nSPS) is 11.4. The van der Waals surface area contributed by atoms with E-state index < -0.39 is 9.84 Å². The van der Waals surface area contributed by atoms with Crippen molar-refractivity contribution in [2.24, 2.45) is 0 Å². The van der Waals surface area contributed by atoms with E-state index >= 15 is 0 Å². The molecule has 0 aliphatic carbocycles. The molecule has 6 nitrogen and oxygen atoms in total. The quantitative estimate of drug-likeness (QED) is 0.455. The van der Waals surface area contributed by atoms with E-state index in [1.165, 1.54) is 6.07 Å². The topological polar surface area (TPSA) is 85.7 Å². The summed E-state index contributed by atoms with van der Waals surface area (Å²) < 4.78 is 25.9. The maximum atomic E-state index is 12.9. The lowest BCUT2D eigenvalue weighted by Gasteiger charge is -2.08. The van der Waals surface area contributed by atoms with E-state index in [9.17, 15) is 8.42 Å². The molecule has 156 valence electrons. The largest absolute Gasteiger partial charge is 0.251 e. The van der Waals surface area contributed by atoms with E-state index in [1.807, 2.05) is 68.4 Å². The van der Waals surface area contributed by atoms with Crippen molar-refractivity contribution in [2.75, 3.05) is 5.75 Å². The first-order valence-corrected chi connectivity index (χ1v) is 11.6. The summed E-state index contributed by atoms with van der Waals surface area (Å²) in [5.74, 6) is -0.0810. The summed E-state index contributed by atoms with van der Waals surface area (Å²) in [6.45, 7) is 3.81. The van der Waals surface area contributed by atoms with Crippen molar-refractivity contribution in [3.63, 3.8) is 0 Å². The third-order valence-electron chi connectivity index (χ3n) is 4.78. The molecule has 4 heterocycles. The molecule has 0 aliphatic rings. The lowest BCUT2D eigenvalue weighted by atomic mass is 10.2. The standard InChI is InChI=1S/C24H22N4O2S/c1-17-7-3-10-20(25-17)22-12-5-9-19(27-22)15-16-31(29,30)24-14-6-13-23(28-24)21-11-4-8-18(2)26-21/h3-14H,15-16H2,1-2H3. The van der Waals surface area contributed by atoms with Gasteiger partial charge in [0.05, 0.1) is 28.5 Å². The van der Waals surface area contributed by atoms with E-state index in [0.29, 0.717) is 17.1 Å². The Labute approximate surface area is 182 Å². The van der Waals surface area contributed by atoms with E-state index in [1.54, 1.807) is 12.1 Å². The fourth-order valence-corrected chi connectivity index (χ4v) is 4.42. The summed E-state index contributed by atoms with van der Waals surface area (Å²) in [7, 11) is -3.58. The van der Waals surface area contributed by atoms with Gasteiger partial charge in [0, 0.05) is 23.5 Å². The second-order valence-electron chi connectivity index (χ2n) is 7.27. The predicted octanol–water partition coefficient (Wildman–Crippen LogP) is 4.23. The van der Waals surface area contributed by atoms with Crippen LogP contribution in [0.4, 0.5) is 0 Å². The highest BCUT2D eigenvalue weighted by molar-refractivity contribution is 7.91. The molecule has 0 amide bonds. The summed E-state index contributed by atoms with van der Waals surface area (Å²) in [6, 6.07) is 21.9. The minimum Gasteiger partial charge on any atom is -0.251 e. The van der Waals surface area contributed by atoms with Crippen LogP contribution in [-0.4, -0.2) is 34.1 Å². The van der Waals surface area contributed by atoms with Gasteiger partial charge in [-0.2, -0.15) is 0 Å². The Kier molecular flexibility index (Phi) is 5.86. The minimum atomic E-state index is -3.58. The first-order valence-electron chi connectivity index (χ1n) is 9.94. The maximum absolute atomic E-state index is 12.9. The van der Waals surface area contributed by atoms with Gasteiger partial charge in [-0.3, -0.25) is 15.0 Å². The van der Waals surface area contributed by atoms with Crippen molar-refractivity contribution in [2.45, 2.75) is 25.3 Å². The fourth-order valence-electron chi connectivity index (χ4n) is 3.21. The number of sulfone groups is 1. The predicted molar refractivity (Wildman–Crippen MR) is 120 cm³/mol. The second kappa shape index (κ2) is 8.73. The smallest absolute Gasteiger partial charge is 0.196 e. The van der Waals surface area contributed by atoms with Crippen molar-refractivity contribution < 1.29 is 8.42 Å². The number of aryl methyl sites for hydroxylation is 3. The third kappa shape index (κ3) is 5.00. The molecule has 31 heavy (non-hydrogen) atoms. The summed E-state index contributed by atoms with van der Waals surface area (Å²) >= 11 is 0. The second-order valence-corrected chi connectivity index (χ2v) is 9.33. The average molecular weight is 431 g/mol. The lowest BCUT2D eigenvalue weighted by Crippen LogP contribution is -2.12. The van der Waals surface area contributed by atoms with Gasteiger partial charge in [-0.25, -0.2) is 13.4 Å². The number of aromatic nitrogens is 4. The minimum absolute atomic E-state index is 0.0461. The van der Waals surface area contributed by atoms with E-state index in [2.05, 4.69) is 19.9 Å². The van der Waals surface area contributed by atoms with Gasteiger partial charge in [0.1, 0.15) is 0 Å². The Morgan fingerprint density at radius 2 is 1.10 bits per heavy atom. The van der Waals surface area contributed by atoms with Crippen LogP contribution in [0.25, 0.3) is 22.8 Å². The van der Waals surface area contributed by atoms with Gasteiger partial charge in [0.2, 0.25) is 0 Å². The van der Waals surface area contributed by atoms with Crippen LogP contribution in [0.5, 0.6) is 0 Å². The average Bonchev–Trinajstić information content (AvgIpc) is 2.78. The summed E-state index contributed by atoms with van der Waals surface area (Å²) in [6.07, 6.45) is 0.288. The Morgan fingerprint density at radius 1 is 0.613 bits per heavy atom. The van der Waals surface area contributed by atoms with Crippen LogP contribution in [0.1, 0.15) is 17.1 Å². The molecule has 7 heteroatoms. The highest BCUT2D eigenvalue weighted by atomic mass is 32.2. The molecule has 0 spiro atoms. The molecular formula is C24H22N4O2S. The molecule has 0 N–H and O–H groups in total. The van der Waals surface area contributed by atoms with Gasteiger partial charge in [-0.1, -0.05) is 24.3 Å². The first-order chi connectivity index (χ1) is 14.9. The molecule has 4 rings (SSSR count). The van der Waals surface area contributed by atoms with Crippen LogP contribution in [0.2, 0.25) is 0 Å². The molecule has 0 saturated carbocycles. The Bertz CT molecular complexity index is 1340. The highest BCUT2D eigenvalue weighted by Gasteiger charge is 2.18. The lowest BCUT2D eigenvalue weighted by molar-refractivity contribution is 0.591. The molecular weight excluding hydrogens is 408 g/mol. The maximum Gasteiger partial charge on any atom is 0.196 e. The molecule has 0 bridgehead atoms. The van der Waals surface area contributed by atoms with Gasteiger partial charge in [0.25, 0.3) is 0 Å². The van der Waals surface area contributed by atoms with E-state index in [4.69, 9.17) is 0 Å². The molecule has 4 aromatic heterocycles. The van der Waals surface area contributed by atoms with Crippen molar-refractivity contribution in [3.05, 3.63) is 89.9 Å². The van der Waals surface area contributed by atoms with Crippen LogP contribution < -0.4 is 0 Å². The number of nitrogens with zero attached hydrogens (tertiary/aromatic N) is 4. The summed E-state index contributed by atoms with van der Waals surface area (Å²) in [5.41, 5.74) is 5.13. The molecule has 0 aromatic carbocycles. The summed E-state index contributed by atoms with van der Waals surface area (Å²) in [5, 5.41) is 0.0461. The van der Waals surface area contributed by atoms with Gasteiger partial charge in [-0.15, -0.1) is 0 Å². The number of pyridine rings is 4. The van der Waals surface area contributed by atoms with Crippen molar-refractivity contribution in [3.8, 4) is 22.8 Å². The van der Waals surface area contributed by atoms with Crippen molar-refractivity contribution in [1.29, 1.82) is 0 Å². The summed E-state index contributed by atoms with van der Waals surface area (Å²) in [4.78, 5) is 17.9. The monoisotopic (exact) mass is 430 g/mol. The Hall–Kier alpha value is -3.45. The SMILES string of the molecule is Cc1cccc(-c2cccc(CCS(=O)(=O)c3cccc(-c4cccc(C)n4)n3)n2)n1. The van der Waals surface area contributed by atoms with Crippen LogP contribution in [0, 0.1) is 13.8 Å². The van der Waals surface area contributed by atoms with Crippen LogP contribution in [0.3, 0.4) is 0 Å². The molecule has 0 radical (unpaired) electrons. The molecule has 0 saturated heterocycles. The Balaban J connectivity index is 1.54. The van der Waals surface area contributed by atoms with Crippen LogP contribution in [-0.2, 0) is 16.3 Å². The van der Waals surface area contributed by atoms with Gasteiger partial charge in [0.15, 0.2) is 14.9 Å². The van der Waals surface area contributed by atoms with Gasteiger partial charge >= 0.3 is 0 Å². The third-order valence-corrected chi connectivity index (χ3v) is 6.38. The molecule has 0 aliphatic heterocycles. The van der Waals surface area contributed by atoms with Crippen LogP contribution in [0.15, 0.2) is 77.8 Å².